The zero-order chi connectivity index (χ0) is 31.6. The zero-order valence-electron chi connectivity index (χ0n) is 22.3. The molecule has 0 radical (unpaired) electrons. The van der Waals surface area contributed by atoms with E-state index in [1.807, 2.05) is 0 Å². The monoisotopic (exact) mass is 658 g/mol. The number of nitrogens with one attached hydrogen (secondary N) is 2. The molecule has 0 unspecified atom stereocenters. The predicted molar refractivity (Wildman–Crippen MR) is 149 cm³/mol. The topological polar surface area (TPSA) is 136 Å². The van der Waals surface area contributed by atoms with Crippen molar-refractivity contribution in [2.45, 2.75) is 19.6 Å². The number of hydrogen-bond donors (Lipinski definition) is 2. The number of alkyl halides is 3. The Morgan fingerprint density at radius 3 is 2.40 bits per heavy atom. The zero-order valence-corrected chi connectivity index (χ0v) is 24.6. The van der Waals surface area contributed by atoms with E-state index >= 15 is 0 Å². The first-order valence-corrected chi connectivity index (χ1v) is 13.1. The minimum absolute atomic E-state index is 0.0357. The summed E-state index contributed by atoms with van der Waals surface area (Å²) >= 11 is 18.7. The van der Waals surface area contributed by atoms with Crippen LogP contribution in [0.15, 0.2) is 42.6 Å². The van der Waals surface area contributed by atoms with E-state index in [1.54, 1.807) is 6.07 Å². The SMILES string of the molecule is COC(=O)N(C)NC(=O)c1cc(Cl)cc(Cl)c1NC(=O)c1cc(Cn2nc(C(F)(F)F)cc2C)nn1-c1ncccc1Cl. The normalized spacial score (nSPS) is 11.3. The summed E-state index contributed by atoms with van der Waals surface area (Å²) in [5, 5.41) is 11.3. The van der Waals surface area contributed by atoms with E-state index in [4.69, 9.17) is 34.8 Å². The summed E-state index contributed by atoms with van der Waals surface area (Å²) in [7, 11) is 2.34. The molecule has 2 N–H and O–H groups in total. The summed E-state index contributed by atoms with van der Waals surface area (Å²) in [6, 6.07) is 7.70. The Bertz CT molecular complexity index is 1720. The van der Waals surface area contributed by atoms with Crippen LogP contribution < -0.4 is 10.7 Å². The molecule has 3 heterocycles. The third-order valence-electron chi connectivity index (χ3n) is 5.77. The smallest absolute Gasteiger partial charge is 0.435 e. The maximum atomic E-state index is 13.7. The largest absolute Gasteiger partial charge is 0.452 e. The highest BCUT2D eigenvalue weighted by Gasteiger charge is 2.34. The molecule has 0 atom stereocenters. The van der Waals surface area contributed by atoms with Gasteiger partial charge in [-0.25, -0.2) is 19.5 Å². The lowest BCUT2D eigenvalue weighted by Gasteiger charge is -2.19. The van der Waals surface area contributed by atoms with Gasteiger partial charge in [0.05, 0.1) is 40.6 Å². The Morgan fingerprint density at radius 1 is 1.05 bits per heavy atom. The Morgan fingerprint density at radius 2 is 1.77 bits per heavy atom. The first-order valence-electron chi connectivity index (χ1n) is 11.9. The van der Waals surface area contributed by atoms with Crippen molar-refractivity contribution < 1.29 is 32.3 Å². The first kappa shape index (κ1) is 31.6. The van der Waals surface area contributed by atoms with Crippen LogP contribution in [0.25, 0.3) is 5.82 Å². The fourth-order valence-corrected chi connectivity index (χ4v) is 4.52. The minimum atomic E-state index is -4.66. The number of nitrogens with zero attached hydrogens (tertiary/aromatic N) is 6. The van der Waals surface area contributed by atoms with Crippen LogP contribution in [0.1, 0.15) is 37.9 Å². The van der Waals surface area contributed by atoms with Crippen molar-refractivity contribution in [1.29, 1.82) is 0 Å². The van der Waals surface area contributed by atoms with Gasteiger partial charge in [-0.05, 0) is 43.3 Å². The van der Waals surface area contributed by atoms with Gasteiger partial charge >= 0.3 is 12.3 Å². The minimum Gasteiger partial charge on any atom is -0.452 e. The Hall–Kier alpha value is -4.34. The Kier molecular flexibility index (Phi) is 9.18. The summed E-state index contributed by atoms with van der Waals surface area (Å²) < 4.78 is 46.3. The van der Waals surface area contributed by atoms with E-state index in [-0.39, 0.29) is 55.8 Å². The number of halogens is 6. The van der Waals surface area contributed by atoms with E-state index < -0.39 is 29.8 Å². The molecule has 0 aliphatic rings. The number of ether oxygens (including phenoxy) is 1. The number of carbonyl (C=O) groups excluding carboxylic acids is 3. The molecule has 12 nitrogen and oxygen atoms in total. The lowest BCUT2D eigenvalue weighted by Crippen LogP contribution is -2.43. The summed E-state index contributed by atoms with van der Waals surface area (Å²) in [5.74, 6) is -1.69. The lowest BCUT2D eigenvalue weighted by molar-refractivity contribution is -0.141. The van der Waals surface area contributed by atoms with Gasteiger partial charge in [0.2, 0.25) is 0 Å². The van der Waals surface area contributed by atoms with Gasteiger partial charge in [-0.1, -0.05) is 34.8 Å². The number of benzene rings is 1. The average Bonchev–Trinajstić information content (AvgIpc) is 3.53. The number of aromatic nitrogens is 5. The van der Waals surface area contributed by atoms with E-state index in [1.165, 1.54) is 44.4 Å². The predicted octanol–water partition coefficient (Wildman–Crippen LogP) is 5.39. The van der Waals surface area contributed by atoms with Gasteiger partial charge in [0.15, 0.2) is 11.5 Å². The molecule has 3 amide bonds. The molecule has 226 valence electrons. The fourth-order valence-electron chi connectivity index (χ4n) is 3.78. The molecule has 0 aliphatic carbocycles. The van der Waals surface area contributed by atoms with E-state index in [0.717, 1.165) is 27.5 Å². The average molecular weight is 660 g/mol. The Balaban J connectivity index is 1.74. The highest BCUT2D eigenvalue weighted by molar-refractivity contribution is 6.38. The van der Waals surface area contributed by atoms with Crippen LogP contribution in [0, 0.1) is 6.92 Å². The van der Waals surface area contributed by atoms with Crippen LogP contribution in [-0.2, 0) is 17.5 Å². The van der Waals surface area contributed by atoms with Crippen LogP contribution in [0.5, 0.6) is 0 Å². The van der Waals surface area contributed by atoms with Gasteiger partial charge in [-0.3, -0.25) is 19.7 Å². The van der Waals surface area contributed by atoms with Crippen LogP contribution in [0.2, 0.25) is 15.1 Å². The molecular formula is C25H20Cl3F3N8O4. The van der Waals surface area contributed by atoms with Crippen molar-refractivity contribution in [1.82, 2.24) is 35.0 Å². The van der Waals surface area contributed by atoms with Crippen molar-refractivity contribution in [2.24, 2.45) is 0 Å². The van der Waals surface area contributed by atoms with Gasteiger partial charge < -0.3 is 10.1 Å². The number of rotatable bonds is 6. The van der Waals surface area contributed by atoms with Crippen LogP contribution in [-0.4, -0.2) is 61.6 Å². The van der Waals surface area contributed by atoms with E-state index in [9.17, 15) is 27.6 Å². The number of pyridine rings is 1. The third-order valence-corrected chi connectivity index (χ3v) is 6.58. The van der Waals surface area contributed by atoms with Gasteiger partial charge in [-0.15, -0.1) is 0 Å². The van der Waals surface area contributed by atoms with Crippen LogP contribution >= 0.6 is 34.8 Å². The number of anilines is 1. The second kappa shape index (κ2) is 12.5. The molecule has 0 bridgehead atoms. The maximum Gasteiger partial charge on any atom is 0.435 e. The number of methoxy groups -OCH3 is 1. The van der Waals surface area contributed by atoms with Crippen molar-refractivity contribution >= 4 is 58.4 Å². The molecular weight excluding hydrogens is 640 g/mol. The number of hydrazine groups is 1. The van der Waals surface area contributed by atoms with Crippen molar-refractivity contribution in [2.75, 3.05) is 19.5 Å². The molecule has 1 aromatic carbocycles. The number of aryl methyl sites for hydroxylation is 1. The molecule has 0 spiro atoms. The molecule has 43 heavy (non-hydrogen) atoms. The molecule has 0 saturated heterocycles. The summed E-state index contributed by atoms with van der Waals surface area (Å²) in [6.45, 7) is 1.20. The number of carbonyl (C=O) groups is 3. The van der Waals surface area contributed by atoms with Gasteiger partial charge in [0.1, 0.15) is 5.69 Å². The maximum absolute atomic E-state index is 13.7. The molecule has 0 aliphatic heterocycles. The van der Waals surface area contributed by atoms with E-state index in [2.05, 4.69) is 30.7 Å². The second-order valence-electron chi connectivity index (χ2n) is 8.80. The number of hydrogen-bond acceptors (Lipinski definition) is 7. The van der Waals surface area contributed by atoms with Crippen molar-refractivity contribution in [3.05, 3.63) is 86.0 Å². The summed E-state index contributed by atoms with van der Waals surface area (Å²) in [4.78, 5) is 42.6. The number of amides is 3. The van der Waals surface area contributed by atoms with Crippen molar-refractivity contribution in [3.63, 3.8) is 0 Å². The highest BCUT2D eigenvalue weighted by atomic mass is 35.5. The Labute approximate surface area is 256 Å². The molecule has 0 saturated carbocycles. The standard InChI is InChI=1S/C25H20Cl3F3N8O4/c1-12-7-19(25(29,30)31)35-38(12)11-14-10-18(39(34-14)21-16(27)5-4-6-32-21)23(41)33-20-15(8-13(26)9-17(20)28)22(40)36-37(2)24(42)43-3/h4-10H,11H2,1-3H3,(H,33,41)(H,36,40). The quantitative estimate of drug-likeness (QED) is 0.265. The van der Waals surface area contributed by atoms with Crippen molar-refractivity contribution in [3.8, 4) is 5.82 Å². The van der Waals surface area contributed by atoms with E-state index in [0.29, 0.717) is 0 Å². The fraction of sp³-hybridized carbons (Fsp3) is 0.200. The molecule has 3 aromatic heterocycles. The summed E-state index contributed by atoms with van der Waals surface area (Å²) in [6.07, 6.45) is -4.14. The summed E-state index contributed by atoms with van der Waals surface area (Å²) in [5.41, 5.74) is 0.954. The highest BCUT2D eigenvalue weighted by Crippen LogP contribution is 2.32. The molecule has 4 aromatic rings. The molecule has 0 fully saturated rings. The van der Waals surface area contributed by atoms with Crippen LogP contribution in [0.4, 0.5) is 23.7 Å². The second-order valence-corrected chi connectivity index (χ2v) is 10.1. The first-order chi connectivity index (χ1) is 20.2. The lowest BCUT2D eigenvalue weighted by atomic mass is 10.1. The van der Waals surface area contributed by atoms with Crippen LogP contribution in [0.3, 0.4) is 0 Å². The third kappa shape index (κ3) is 7.01. The van der Waals surface area contributed by atoms with Gasteiger partial charge in [-0.2, -0.15) is 23.4 Å². The van der Waals surface area contributed by atoms with Gasteiger partial charge in [0, 0.05) is 24.0 Å². The molecule has 18 heteroatoms. The molecule has 4 rings (SSSR count). The van der Waals surface area contributed by atoms with Gasteiger partial charge in [0.25, 0.3) is 11.8 Å².